The van der Waals surface area contributed by atoms with Crippen LogP contribution in [0.3, 0.4) is 0 Å². The van der Waals surface area contributed by atoms with Gasteiger partial charge in [0.15, 0.2) is 5.56 Å². The first-order valence-corrected chi connectivity index (χ1v) is 8.15. The average Bonchev–Trinajstić information content (AvgIpc) is 2.38. The lowest BCUT2D eigenvalue weighted by molar-refractivity contribution is 0.0428. The number of rotatable bonds is 7. The number of alkyl halides is 1. The zero-order valence-electron chi connectivity index (χ0n) is 11.1. The van der Waals surface area contributed by atoms with Gasteiger partial charge in [-0.15, -0.1) is 0 Å². The Morgan fingerprint density at radius 1 is 1.35 bits per heavy atom. The number of unbranched alkanes of at least 4 members (excludes halogenated alkanes) is 2. The van der Waals surface area contributed by atoms with Crippen molar-refractivity contribution in [3.05, 3.63) is 29.8 Å². The van der Waals surface area contributed by atoms with E-state index >= 15 is 0 Å². The summed E-state index contributed by atoms with van der Waals surface area (Å²) in [6.07, 6.45) is 3.30. The monoisotopic (exact) mass is 320 g/mol. The molecule has 0 aliphatic rings. The minimum atomic E-state index is -4.48. The smallest absolute Gasteiger partial charge is 0.341 e. The molecule has 0 saturated carbocycles. The van der Waals surface area contributed by atoms with Gasteiger partial charge >= 0.3 is 5.97 Å². The molecule has 1 unspecified atom stereocenters. The van der Waals surface area contributed by atoms with Crippen LogP contribution in [0.25, 0.3) is 0 Å². The highest BCUT2D eigenvalue weighted by Gasteiger charge is 2.22. The number of benzene rings is 1. The zero-order valence-corrected chi connectivity index (χ0v) is 12.7. The molecule has 1 aromatic carbocycles. The number of carbonyl (C=O) groups is 1. The van der Waals surface area contributed by atoms with Gasteiger partial charge in [-0.3, -0.25) is 4.55 Å². The Bertz CT molecular complexity index is 556. The highest BCUT2D eigenvalue weighted by Crippen LogP contribution is 2.19. The van der Waals surface area contributed by atoms with Gasteiger partial charge in [0.1, 0.15) is 4.90 Å². The maximum atomic E-state index is 11.9. The van der Waals surface area contributed by atoms with Crippen LogP contribution in [0.5, 0.6) is 0 Å². The van der Waals surface area contributed by atoms with E-state index in [2.05, 4.69) is 0 Å². The van der Waals surface area contributed by atoms with Crippen LogP contribution in [0.4, 0.5) is 0 Å². The lowest BCUT2D eigenvalue weighted by atomic mass is 10.2. The molecule has 1 atom stereocenters. The van der Waals surface area contributed by atoms with Gasteiger partial charge in [-0.05, 0) is 25.0 Å². The molecular weight excluding hydrogens is 304 g/mol. The van der Waals surface area contributed by atoms with Crippen molar-refractivity contribution in [3.8, 4) is 0 Å². The Morgan fingerprint density at radius 3 is 2.60 bits per heavy atom. The SMILES string of the molecule is CCCCCC(Cl)OC(=O)c1ccccc1S(=O)(=O)O. The molecule has 1 aromatic rings. The summed E-state index contributed by atoms with van der Waals surface area (Å²) in [7, 11) is -4.48. The normalized spacial score (nSPS) is 12.9. The van der Waals surface area contributed by atoms with Crippen molar-refractivity contribution < 1.29 is 22.5 Å². The molecule has 0 radical (unpaired) electrons. The van der Waals surface area contributed by atoms with E-state index in [-0.39, 0.29) is 5.56 Å². The second kappa shape index (κ2) is 7.61. The Morgan fingerprint density at radius 2 is 2.00 bits per heavy atom. The lowest BCUT2D eigenvalue weighted by Crippen LogP contribution is -2.16. The van der Waals surface area contributed by atoms with Crippen LogP contribution in [0.2, 0.25) is 0 Å². The highest BCUT2D eigenvalue weighted by molar-refractivity contribution is 7.86. The van der Waals surface area contributed by atoms with Crippen LogP contribution < -0.4 is 0 Å². The highest BCUT2D eigenvalue weighted by atomic mass is 35.5. The average molecular weight is 321 g/mol. The molecule has 5 nitrogen and oxygen atoms in total. The third kappa shape index (κ3) is 5.11. The van der Waals surface area contributed by atoms with Gasteiger partial charge in [-0.25, -0.2) is 4.79 Å². The van der Waals surface area contributed by atoms with Gasteiger partial charge < -0.3 is 4.74 Å². The fraction of sp³-hybridized carbons (Fsp3) is 0.462. The van der Waals surface area contributed by atoms with Crippen molar-refractivity contribution in [2.75, 3.05) is 0 Å². The van der Waals surface area contributed by atoms with Crippen molar-refractivity contribution in [1.82, 2.24) is 0 Å². The number of halogens is 1. The standard InChI is InChI=1S/C13H17ClO5S/c1-2-3-4-9-12(14)19-13(15)10-7-5-6-8-11(10)20(16,17)18/h5-8,12H,2-4,9H2,1H3,(H,16,17,18). The largest absolute Gasteiger partial charge is 0.442 e. The van der Waals surface area contributed by atoms with E-state index < -0.39 is 26.5 Å². The molecule has 20 heavy (non-hydrogen) atoms. The molecule has 0 spiro atoms. The fourth-order valence-electron chi connectivity index (χ4n) is 1.65. The molecule has 0 fully saturated rings. The van der Waals surface area contributed by atoms with E-state index in [4.69, 9.17) is 20.9 Å². The summed E-state index contributed by atoms with van der Waals surface area (Å²) in [5.41, 5.74) is -1.04. The summed E-state index contributed by atoms with van der Waals surface area (Å²) in [4.78, 5) is 11.4. The second-order valence-electron chi connectivity index (χ2n) is 4.28. The molecule has 1 rings (SSSR count). The number of carbonyl (C=O) groups excluding carboxylic acids is 1. The van der Waals surface area contributed by atoms with E-state index in [1.807, 2.05) is 6.92 Å². The zero-order chi connectivity index (χ0) is 15.2. The topological polar surface area (TPSA) is 80.7 Å². The maximum Gasteiger partial charge on any atom is 0.341 e. The molecule has 0 amide bonds. The van der Waals surface area contributed by atoms with E-state index in [0.29, 0.717) is 6.42 Å². The van der Waals surface area contributed by atoms with Gasteiger partial charge in [-0.2, -0.15) is 8.42 Å². The van der Waals surface area contributed by atoms with Gasteiger partial charge in [0.25, 0.3) is 10.1 Å². The van der Waals surface area contributed by atoms with Crippen LogP contribution in [0.1, 0.15) is 43.0 Å². The van der Waals surface area contributed by atoms with Crippen molar-refractivity contribution >= 4 is 27.7 Å². The Balaban J connectivity index is 2.78. The summed E-state index contributed by atoms with van der Waals surface area (Å²) >= 11 is 5.87. The first-order valence-electron chi connectivity index (χ1n) is 6.27. The van der Waals surface area contributed by atoms with E-state index in [0.717, 1.165) is 25.3 Å². The van der Waals surface area contributed by atoms with Crippen molar-refractivity contribution in [2.24, 2.45) is 0 Å². The van der Waals surface area contributed by atoms with Crippen LogP contribution in [-0.4, -0.2) is 24.5 Å². The minimum Gasteiger partial charge on any atom is -0.442 e. The quantitative estimate of drug-likeness (QED) is 0.361. The number of ether oxygens (including phenoxy) is 1. The van der Waals surface area contributed by atoms with Crippen LogP contribution >= 0.6 is 11.6 Å². The Kier molecular flexibility index (Phi) is 6.45. The lowest BCUT2D eigenvalue weighted by Gasteiger charge is -2.12. The van der Waals surface area contributed by atoms with Gasteiger partial charge in [-0.1, -0.05) is 43.5 Å². The van der Waals surface area contributed by atoms with Crippen molar-refractivity contribution in [2.45, 2.75) is 43.1 Å². The molecule has 0 bridgehead atoms. The van der Waals surface area contributed by atoms with Gasteiger partial charge in [0.05, 0.1) is 5.56 Å². The Labute approximate surface area is 123 Å². The summed E-state index contributed by atoms with van der Waals surface area (Å²) < 4.78 is 36.4. The molecule has 0 aliphatic heterocycles. The summed E-state index contributed by atoms with van der Waals surface area (Å²) in [6, 6.07) is 5.28. The van der Waals surface area contributed by atoms with E-state index in [9.17, 15) is 13.2 Å². The van der Waals surface area contributed by atoms with Crippen molar-refractivity contribution in [1.29, 1.82) is 0 Å². The summed E-state index contributed by atoms with van der Waals surface area (Å²) in [6.45, 7) is 2.04. The third-order valence-electron chi connectivity index (χ3n) is 2.65. The van der Waals surface area contributed by atoms with Gasteiger partial charge in [0, 0.05) is 0 Å². The van der Waals surface area contributed by atoms with E-state index in [1.54, 1.807) is 0 Å². The molecule has 7 heteroatoms. The molecule has 1 N–H and O–H groups in total. The molecule has 0 aromatic heterocycles. The first kappa shape index (κ1) is 16.9. The van der Waals surface area contributed by atoms with Crippen molar-refractivity contribution in [3.63, 3.8) is 0 Å². The van der Waals surface area contributed by atoms with Gasteiger partial charge in [0.2, 0.25) is 0 Å². The van der Waals surface area contributed by atoms with E-state index in [1.165, 1.54) is 18.2 Å². The predicted octanol–water partition coefficient (Wildman–Crippen LogP) is 3.24. The second-order valence-corrected chi connectivity index (χ2v) is 6.16. The molecule has 0 aliphatic carbocycles. The number of esters is 1. The van der Waals surface area contributed by atoms with Crippen LogP contribution in [-0.2, 0) is 14.9 Å². The molecule has 112 valence electrons. The number of hydrogen-bond acceptors (Lipinski definition) is 4. The minimum absolute atomic E-state index is 0.226. The molecular formula is C13H17ClO5S. The maximum absolute atomic E-state index is 11.9. The fourth-order valence-corrected chi connectivity index (χ4v) is 2.57. The molecule has 0 heterocycles. The third-order valence-corrected chi connectivity index (χ3v) is 3.87. The molecule has 0 saturated heterocycles. The summed E-state index contributed by atoms with van der Waals surface area (Å²) in [5, 5.41) is 0. The predicted molar refractivity (Wildman–Crippen MR) is 75.5 cm³/mol. The van der Waals surface area contributed by atoms with Crippen LogP contribution in [0, 0.1) is 0 Å². The number of hydrogen-bond donors (Lipinski definition) is 1. The summed E-state index contributed by atoms with van der Waals surface area (Å²) in [5.74, 6) is -0.866. The first-order chi connectivity index (χ1) is 9.36. The van der Waals surface area contributed by atoms with Crippen LogP contribution in [0.15, 0.2) is 29.2 Å². The Hall–Kier alpha value is -1.11.